The van der Waals surface area contributed by atoms with Gasteiger partial charge in [-0.15, -0.1) is 0 Å². The zero-order chi connectivity index (χ0) is 19.0. The maximum absolute atomic E-state index is 12.9. The van der Waals surface area contributed by atoms with E-state index in [9.17, 15) is 9.90 Å². The van der Waals surface area contributed by atoms with Crippen LogP contribution in [0.1, 0.15) is 111 Å². The van der Waals surface area contributed by atoms with Gasteiger partial charge in [0.15, 0.2) is 0 Å². The molecule has 3 heteroatoms. The van der Waals surface area contributed by atoms with E-state index in [1.54, 1.807) is 0 Å². The Morgan fingerprint density at radius 3 is 2.31 bits per heavy atom. The molecule has 1 heterocycles. The number of carbonyl (C=O) groups is 1. The van der Waals surface area contributed by atoms with Gasteiger partial charge in [0.2, 0.25) is 5.91 Å². The summed E-state index contributed by atoms with van der Waals surface area (Å²) >= 11 is 0. The minimum Gasteiger partial charge on any atom is -0.393 e. The van der Waals surface area contributed by atoms with Gasteiger partial charge >= 0.3 is 0 Å². The number of hydrogen-bond donors (Lipinski definition) is 1. The lowest BCUT2D eigenvalue weighted by atomic mass is 9.60. The Morgan fingerprint density at radius 1 is 1.04 bits per heavy atom. The Labute approximate surface area is 161 Å². The van der Waals surface area contributed by atoms with Crippen LogP contribution in [0.15, 0.2) is 0 Å². The zero-order valence-corrected chi connectivity index (χ0v) is 17.6. The fourth-order valence-electron chi connectivity index (χ4n) is 5.37. The van der Waals surface area contributed by atoms with Crippen molar-refractivity contribution in [1.82, 2.24) is 4.90 Å². The number of fused-ring (bicyclic) bond motifs is 1. The van der Waals surface area contributed by atoms with Gasteiger partial charge in [-0.2, -0.15) is 0 Å². The second-order valence-corrected chi connectivity index (χ2v) is 9.22. The Hall–Kier alpha value is -0.570. The second kappa shape index (κ2) is 10.7. The number of amides is 1. The molecule has 2 aliphatic rings. The summed E-state index contributed by atoms with van der Waals surface area (Å²) in [4.78, 5) is 15.0. The lowest BCUT2D eigenvalue weighted by molar-refractivity contribution is -0.149. The summed E-state index contributed by atoms with van der Waals surface area (Å²) in [5, 5.41) is 10.3. The number of unbranched alkanes of at least 4 members (excludes halogenated alkanes) is 8. The molecule has 1 aliphatic carbocycles. The van der Waals surface area contributed by atoms with Crippen molar-refractivity contribution in [2.45, 2.75) is 123 Å². The summed E-state index contributed by atoms with van der Waals surface area (Å²) in [7, 11) is 0. The third-order valence-corrected chi connectivity index (χ3v) is 7.42. The predicted molar refractivity (Wildman–Crippen MR) is 109 cm³/mol. The molecule has 3 nitrogen and oxygen atoms in total. The molecule has 0 aromatic rings. The largest absolute Gasteiger partial charge is 0.393 e. The van der Waals surface area contributed by atoms with E-state index in [0.717, 1.165) is 45.1 Å². The van der Waals surface area contributed by atoms with Gasteiger partial charge in [-0.1, -0.05) is 72.1 Å². The molecule has 0 bridgehead atoms. The fraction of sp³-hybridized carbons (Fsp3) is 0.957. The number of aliphatic hydroxyl groups is 1. The molecule has 2 fully saturated rings. The Kier molecular flexibility index (Phi) is 8.93. The number of nitrogens with zero attached hydrogens (tertiary/aromatic N) is 1. The molecule has 152 valence electrons. The number of likely N-dealkylation sites (tertiary alicyclic amines) is 1. The first-order valence-corrected chi connectivity index (χ1v) is 11.5. The average molecular weight is 366 g/mol. The molecular formula is C23H43NO2. The van der Waals surface area contributed by atoms with Gasteiger partial charge in [-0.05, 0) is 43.4 Å². The summed E-state index contributed by atoms with van der Waals surface area (Å²) in [5.41, 5.74) is 0.101. The average Bonchev–Trinajstić information content (AvgIpc) is 2.63. The third-order valence-electron chi connectivity index (χ3n) is 7.42. The van der Waals surface area contributed by atoms with Crippen molar-refractivity contribution in [3.63, 3.8) is 0 Å². The number of piperidine rings is 1. The first kappa shape index (κ1) is 21.7. The van der Waals surface area contributed by atoms with Gasteiger partial charge in [-0.3, -0.25) is 4.79 Å². The normalized spacial score (nSPS) is 31.7. The van der Waals surface area contributed by atoms with Crippen LogP contribution in [0.2, 0.25) is 0 Å². The molecule has 1 amide bonds. The molecule has 0 spiro atoms. The second-order valence-electron chi connectivity index (χ2n) is 9.22. The van der Waals surface area contributed by atoms with E-state index in [0.29, 0.717) is 17.9 Å². The molecule has 0 aromatic heterocycles. The highest BCUT2D eigenvalue weighted by atomic mass is 16.3. The minimum absolute atomic E-state index is 0.101. The molecule has 2 unspecified atom stereocenters. The monoisotopic (exact) mass is 365 g/mol. The van der Waals surface area contributed by atoms with E-state index in [1.165, 1.54) is 51.4 Å². The highest BCUT2D eigenvalue weighted by Crippen LogP contribution is 2.49. The zero-order valence-electron chi connectivity index (χ0n) is 17.6. The topological polar surface area (TPSA) is 40.5 Å². The van der Waals surface area contributed by atoms with Crippen LogP contribution in [-0.4, -0.2) is 34.6 Å². The van der Waals surface area contributed by atoms with Crippen molar-refractivity contribution < 1.29 is 9.90 Å². The Morgan fingerprint density at radius 2 is 1.65 bits per heavy atom. The van der Waals surface area contributed by atoms with Crippen molar-refractivity contribution in [1.29, 1.82) is 0 Å². The van der Waals surface area contributed by atoms with E-state index in [1.807, 2.05) is 0 Å². The summed E-state index contributed by atoms with van der Waals surface area (Å²) in [5.74, 6) is 0.664. The van der Waals surface area contributed by atoms with Crippen LogP contribution in [0.4, 0.5) is 0 Å². The number of rotatable bonds is 10. The molecule has 0 aromatic carbocycles. The van der Waals surface area contributed by atoms with Crippen LogP contribution < -0.4 is 0 Å². The van der Waals surface area contributed by atoms with E-state index >= 15 is 0 Å². The maximum Gasteiger partial charge on any atom is 0.222 e. The summed E-state index contributed by atoms with van der Waals surface area (Å²) in [6.07, 6.45) is 16.3. The molecule has 2 rings (SSSR count). The first-order valence-electron chi connectivity index (χ1n) is 11.5. The van der Waals surface area contributed by atoms with Crippen molar-refractivity contribution in [3.05, 3.63) is 0 Å². The van der Waals surface area contributed by atoms with Gasteiger partial charge in [0.05, 0.1) is 6.10 Å². The molecule has 1 N–H and O–H groups in total. The highest BCUT2D eigenvalue weighted by Gasteiger charge is 2.50. The molecule has 4 atom stereocenters. The molecule has 1 saturated carbocycles. The van der Waals surface area contributed by atoms with Crippen molar-refractivity contribution in [2.75, 3.05) is 6.54 Å². The Balaban J connectivity index is 1.69. The van der Waals surface area contributed by atoms with Gasteiger partial charge in [0.1, 0.15) is 0 Å². The molecular weight excluding hydrogens is 322 g/mol. The van der Waals surface area contributed by atoms with E-state index in [2.05, 4.69) is 25.7 Å². The summed E-state index contributed by atoms with van der Waals surface area (Å²) < 4.78 is 0. The molecule has 1 saturated heterocycles. The van der Waals surface area contributed by atoms with Gasteiger partial charge in [0.25, 0.3) is 0 Å². The number of aliphatic hydroxyl groups excluding tert-OH is 1. The SMILES string of the molecule is CCCCCCCCCCCC(=O)N1CCCC2(C)C1CC[C@@H](O)[C@@H]2C. The number of carbonyl (C=O) groups excluding carboxylic acids is 1. The third kappa shape index (κ3) is 5.47. The van der Waals surface area contributed by atoms with Crippen molar-refractivity contribution >= 4 is 5.91 Å². The predicted octanol–water partition coefficient (Wildman–Crippen LogP) is 5.70. The lowest BCUT2D eigenvalue weighted by Crippen LogP contribution is -2.60. The molecule has 26 heavy (non-hydrogen) atoms. The van der Waals surface area contributed by atoms with E-state index in [-0.39, 0.29) is 11.5 Å². The van der Waals surface area contributed by atoms with Crippen LogP contribution in [0.5, 0.6) is 0 Å². The first-order chi connectivity index (χ1) is 12.5. The van der Waals surface area contributed by atoms with Crippen LogP contribution in [-0.2, 0) is 4.79 Å². The van der Waals surface area contributed by atoms with E-state index in [4.69, 9.17) is 0 Å². The Bertz CT molecular complexity index is 424. The molecule has 0 radical (unpaired) electrons. The van der Waals surface area contributed by atoms with Gasteiger partial charge in [-0.25, -0.2) is 0 Å². The van der Waals surface area contributed by atoms with Gasteiger partial charge < -0.3 is 10.0 Å². The maximum atomic E-state index is 12.9. The van der Waals surface area contributed by atoms with Crippen LogP contribution in [0.25, 0.3) is 0 Å². The lowest BCUT2D eigenvalue weighted by Gasteiger charge is -2.55. The van der Waals surface area contributed by atoms with E-state index < -0.39 is 0 Å². The van der Waals surface area contributed by atoms with Crippen LogP contribution in [0.3, 0.4) is 0 Å². The van der Waals surface area contributed by atoms with Crippen molar-refractivity contribution in [3.8, 4) is 0 Å². The van der Waals surface area contributed by atoms with Gasteiger partial charge in [0, 0.05) is 19.0 Å². The fourth-order valence-corrected chi connectivity index (χ4v) is 5.37. The van der Waals surface area contributed by atoms with Crippen molar-refractivity contribution in [2.24, 2.45) is 11.3 Å². The summed E-state index contributed by atoms with van der Waals surface area (Å²) in [6, 6.07) is 0.348. The molecule has 1 aliphatic heterocycles. The quantitative estimate of drug-likeness (QED) is 0.505. The van der Waals surface area contributed by atoms with Crippen LogP contribution in [0, 0.1) is 11.3 Å². The smallest absolute Gasteiger partial charge is 0.222 e. The van der Waals surface area contributed by atoms with Crippen LogP contribution >= 0.6 is 0 Å². The summed E-state index contributed by atoms with van der Waals surface area (Å²) in [6.45, 7) is 7.69. The highest BCUT2D eigenvalue weighted by molar-refractivity contribution is 5.76. The standard InChI is InChI=1S/C23H43NO2/c1-4-5-6-7-8-9-10-11-12-14-22(26)24-18-13-17-23(3)19(2)20(25)15-16-21(23)24/h19-21,25H,4-18H2,1-3H3/t19-,20+,21?,23?/m0/s1. The minimum atomic E-state index is -0.191. The number of hydrogen-bond acceptors (Lipinski definition) is 2.